The highest BCUT2D eigenvalue weighted by Crippen LogP contribution is 2.87. The Kier molecular flexibility index (Phi) is 7.81. The first-order valence-corrected chi connectivity index (χ1v) is 17.9. The Morgan fingerprint density at radius 2 is 1.80 bits per heavy atom. The van der Waals surface area contributed by atoms with Gasteiger partial charge in [-0.05, 0) is 123 Å². The maximum atomic E-state index is 11.9. The molecule has 1 amide bonds. The maximum absolute atomic E-state index is 11.9. The molecule has 256 valence electrons. The van der Waals surface area contributed by atoms with E-state index in [9.17, 15) is 14.7 Å². The number of morpholine rings is 1. The summed E-state index contributed by atoms with van der Waals surface area (Å²) in [6, 6.07) is 0. The molecule has 0 radical (unpaired) electrons. The average molecular weight is 633 g/mol. The molecular formula is C36H60N2O7. The lowest BCUT2D eigenvalue weighted by Gasteiger charge is -2.60. The first kappa shape index (κ1) is 32.3. The molecule has 2 saturated heterocycles. The first-order valence-electron chi connectivity index (χ1n) is 17.9. The van der Waals surface area contributed by atoms with Crippen LogP contribution in [0.2, 0.25) is 0 Å². The highest BCUT2D eigenvalue weighted by molar-refractivity contribution is 5.75. The summed E-state index contributed by atoms with van der Waals surface area (Å²) in [6.45, 7) is 14.5. The number of hydrogen-bond acceptors (Lipinski definition) is 8. The molecule has 9 unspecified atom stereocenters. The molecular weight excluding hydrogens is 572 g/mol. The fourth-order valence-corrected chi connectivity index (χ4v) is 12.9. The number of ether oxygens (including phenoxy) is 4. The molecule has 2 spiro atoms. The molecule has 0 bridgehead atoms. The number of carbonyl (C=O) groups excluding carboxylic acids is 2. The van der Waals surface area contributed by atoms with Gasteiger partial charge in [-0.1, -0.05) is 20.8 Å². The summed E-state index contributed by atoms with van der Waals surface area (Å²) in [4.78, 5) is 25.5. The van der Waals surface area contributed by atoms with Gasteiger partial charge in [-0.2, -0.15) is 0 Å². The van der Waals surface area contributed by atoms with Crippen molar-refractivity contribution in [2.24, 2.45) is 51.1 Å². The standard InChI is InChI=1S/C36H58N2O7.H2/c1-21(39)43-31(33(4,5)41)25-9-7-23-26(44-25)17-24-22-8-10-27-32(2,3)28(45-30-19-38(15-16-42-30)18-29(37)40)11-12-36(27)20-35(22,36)14-13-34(23,24)6;/h22-28,30-31,41H,7-20H2,1-6H3,(H2,37,40);1H/t22?,23?,24?,25?,26?,27?,28-,30?,31-,34?,35-,36?;/m0./s1. The highest BCUT2D eigenvalue weighted by atomic mass is 16.7. The van der Waals surface area contributed by atoms with Gasteiger partial charge in [0, 0.05) is 14.9 Å². The fourth-order valence-electron chi connectivity index (χ4n) is 12.9. The smallest absolute Gasteiger partial charge is 0.303 e. The van der Waals surface area contributed by atoms with Crippen molar-refractivity contribution < 1.29 is 35.1 Å². The number of aliphatic hydroxyl groups is 1. The van der Waals surface area contributed by atoms with Crippen LogP contribution in [0.4, 0.5) is 0 Å². The van der Waals surface area contributed by atoms with Gasteiger partial charge in [-0.25, -0.2) is 0 Å². The number of nitrogens with two attached hydrogens (primary N) is 1. The van der Waals surface area contributed by atoms with Crippen LogP contribution in [0.3, 0.4) is 0 Å². The average Bonchev–Trinajstić information content (AvgIpc) is 3.52. The summed E-state index contributed by atoms with van der Waals surface area (Å²) in [5, 5.41) is 10.9. The van der Waals surface area contributed by atoms with E-state index in [4.69, 9.17) is 24.7 Å². The Bertz CT molecular complexity index is 1190. The highest BCUT2D eigenvalue weighted by Gasteiger charge is 2.80. The van der Waals surface area contributed by atoms with Crippen molar-refractivity contribution >= 4 is 11.9 Å². The van der Waals surface area contributed by atoms with E-state index in [-0.39, 0.29) is 49.9 Å². The van der Waals surface area contributed by atoms with Crippen LogP contribution in [0.5, 0.6) is 0 Å². The van der Waals surface area contributed by atoms with E-state index < -0.39 is 11.7 Å². The van der Waals surface area contributed by atoms with Crippen LogP contribution in [0.1, 0.15) is 107 Å². The zero-order valence-corrected chi connectivity index (χ0v) is 28.5. The monoisotopic (exact) mass is 632 g/mol. The second-order valence-electron chi connectivity index (χ2n) is 17.6. The van der Waals surface area contributed by atoms with Crippen LogP contribution in [0.15, 0.2) is 0 Å². The van der Waals surface area contributed by atoms with Crippen molar-refractivity contribution in [2.45, 2.75) is 142 Å². The molecule has 45 heavy (non-hydrogen) atoms. The number of amides is 1. The fraction of sp³-hybridized carbons (Fsp3) is 0.944. The lowest BCUT2D eigenvalue weighted by atomic mass is 9.46. The van der Waals surface area contributed by atoms with Crippen molar-refractivity contribution in [1.82, 2.24) is 4.90 Å². The number of esters is 1. The Labute approximate surface area is 271 Å². The second-order valence-corrected chi connectivity index (χ2v) is 17.6. The summed E-state index contributed by atoms with van der Waals surface area (Å²) in [6.07, 6.45) is 11.0. The summed E-state index contributed by atoms with van der Waals surface area (Å²) >= 11 is 0. The number of primary amides is 1. The van der Waals surface area contributed by atoms with E-state index in [1.165, 1.54) is 45.4 Å². The SMILES string of the molecule is CC(=O)O[C@@H](C1CCC2C(CC3C4CCC5C(C)(C)[C@@H](OC6CN(CC(N)=O)CCO6)CCC56C[C@@]46CCC23C)O1)C(C)(C)O.[HH]. The number of rotatable bonds is 7. The van der Waals surface area contributed by atoms with Crippen molar-refractivity contribution in [3.63, 3.8) is 0 Å². The minimum atomic E-state index is -1.15. The Hall–Kier alpha value is -1.26. The molecule has 5 aliphatic carbocycles. The number of carbonyl (C=O) groups is 2. The minimum Gasteiger partial charge on any atom is -0.457 e. The third-order valence-corrected chi connectivity index (χ3v) is 14.7. The molecule has 2 heterocycles. The molecule has 12 atom stereocenters. The molecule has 9 heteroatoms. The molecule has 7 aliphatic rings. The predicted octanol–water partition coefficient (Wildman–Crippen LogP) is 4.67. The van der Waals surface area contributed by atoms with Gasteiger partial charge < -0.3 is 29.8 Å². The third-order valence-electron chi connectivity index (χ3n) is 14.7. The number of nitrogens with zero attached hydrogens (tertiary/aromatic N) is 1. The lowest BCUT2D eigenvalue weighted by Crippen LogP contribution is -2.56. The largest absolute Gasteiger partial charge is 0.457 e. The van der Waals surface area contributed by atoms with Crippen LogP contribution in [0, 0.1) is 45.3 Å². The Balaban J connectivity index is 0.00000372. The van der Waals surface area contributed by atoms with Crippen LogP contribution in [0.25, 0.3) is 0 Å². The number of fused-ring (bicyclic) bond motifs is 4. The minimum absolute atomic E-state index is 0. The predicted molar refractivity (Wildman–Crippen MR) is 170 cm³/mol. The van der Waals surface area contributed by atoms with Crippen LogP contribution in [-0.4, -0.2) is 84.4 Å². The maximum Gasteiger partial charge on any atom is 0.303 e. The van der Waals surface area contributed by atoms with Gasteiger partial charge >= 0.3 is 5.97 Å². The lowest BCUT2D eigenvalue weighted by molar-refractivity contribution is -0.244. The topological polar surface area (TPSA) is 121 Å². The Morgan fingerprint density at radius 1 is 1.04 bits per heavy atom. The molecule has 0 aromatic carbocycles. The van der Waals surface area contributed by atoms with Crippen LogP contribution in [-0.2, 0) is 28.5 Å². The molecule has 2 aliphatic heterocycles. The van der Waals surface area contributed by atoms with E-state index in [0.29, 0.717) is 53.7 Å². The number of hydrogen-bond donors (Lipinski definition) is 2. The summed E-state index contributed by atoms with van der Waals surface area (Å²) in [5.41, 5.74) is 5.54. The summed E-state index contributed by atoms with van der Waals surface area (Å²) < 4.78 is 25.3. The first-order chi connectivity index (χ1) is 21.1. The van der Waals surface area contributed by atoms with Gasteiger partial charge in [0.2, 0.25) is 5.91 Å². The van der Waals surface area contributed by atoms with E-state index in [0.717, 1.165) is 31.6 Å². The van der Waals surface area contributed by atoms with Crippen molar-refractivity contribution in [2.75, 3.05) is 26.2 Å². The zero-order valence-electron chi connectivity index (χ0n) is 28.5. The summed E-state index contributed by atoms with van der Waals surface area (Å²) in [7, 11) is 0. The molecule has 0 aromatic heterocycles. The van der Waals surface area contributed by atoms with Crippen molar-refractivity contribution in [3.8, 4) is 0 Å². The molecule has 0 aromatic rings. The molecule has 7 rings (SSSR count). The summed E-state index contributed by atoms with van der Waals surface area (Å²) in [5.74, 6) is 1.93. The van der Waals surface area contributed by atoms with Gasteiger partial charge in [0.05, 0.1) is 43.6 Å². The van der Waals surface area contributed by atoms with Crippen LogP contribution < -0.4 is 5.73 Å². The third kappa shape index (κ3) is 5.03. The Morgan fingerprint density at radius 3 is 2.51 bits per heavy atom. The molecule has 5 saturated carbocycles. The van der Waals surface area contributed by atoms with Gasteiger partial charge in [-0.3, -0.25) is 14.5 Å². The molecule has 7 fully saturated rings. The zero-order chi connectivity index (χ0) is 32.2. The second kappa shape index (κ2) is 10.9. The van der Waals surface area contributed by atoms with E-state index in [1.54, 1.807) is 13.8 Å². The van der Waals surface area contributed by atoms with Crippen molar-refractivity contribution in [3.05, 3.63) is 0 Å². The van der Waals surface area contributed by atoms with Crippen LogP contribution >= 0.6 is 0 Å². The van der Waals surface area contributed by atoms with E-state index in [1.807, 2.05) is 0 Å². The van der Waals surface area contributed by atoms with Gasteiger partial charge in [0.1, 0.15) is 0 Å². The van der Waals surface area contributed by atoms with E-state index >= 15 is 0 Å². The van der Waals surface area contributed by atoms with Gasteiger partial charge in [0.15, 0.2) is 12.4 Å². The normalized spacial score (nSPS) is 47.7. The molecule has 3 N–H and O–H groups in total. The quantitative estimate of drug-likeness (QED) is 0.389. The van der Waals surface area contributed by atoms with E-state index in [2.05, 4.69) is 25.7 Å². The van der Waals surface area contributed by atoms with Crippen molar-refractivity contribution in [1.29, 1.82) is 0 Å². The van der Waals surface area contributed by atoms with Gasteiger partial charge in [0.25, 0.3) is 0 Å². The molecule has 9 nitrogen and oxygen atoms in total. The van der Waals surface area contributed by atoms with Gasteiger partial charge in [-0.15, -0.1) is 0 Å².